The summed E-state index contributed by atoms with van der Waals surface area (Å²) in [5.74, 6) is -2.88. The van der Waals surface area contributed by atoms with Gasteiger partial charge in [0.15, 0.2) is 0 Å². The van der Waals surface area contributed by atoms with Crippen molar-refractivity contribution in [3.05, 3.63) is 53.6 Å². The fourth-order valence-corrected chi connectivity index (χ4v) is 4.30. The minimum absolute atomic E-state index is 0.145. The van der Waals surface area contributed by atoms with E-state index in [0.29, 0.717) is 12.5 Å². The first kappa shape index (κ1) is 41.0. The third-order valence-electron chi connectivity index (χ3n) is 7.31. The summed E-state index contributed by atoms with van der Waals surface area (Å²) in [6.07, 6.45) is 23.1. The van der Waals surface area contributed by atoms with Crippen molar-refractivity contribution in [3.8, 4) is 0 Å². The molecule has 1 rings (SSSR count). The number of aliphatic carboxylic acids is 2. The Bertz CT molecular complexity index is 929. The van der Waals surface area contributed by atoms with Crippen LogP contribution in [0.25, 0.3) is 6.08 Å². The predicted molar refractivity (Wildman–Crippen MR) is 173 cm³/mol. The molecule has 0 atom stereocenters. The Morgan fingerprint density at radius 2 is 1.16 bits per heavy atom. The molecule has 9 nitrogen and oxygen atoms in total. The number of esters is 1. The number of aliphatic hydroxyl groups excluding tert-OH is 3. The first-order valence-electron chi connectivity index (χ1n) is 16.1. The minimum atomic E-state index is -1.28. The summed E-state index contributed by atoms with van der Waals surface area (Å²) in [6.45, 7) is 0.884. The molecule has 0 radical (unpaired) electrons. The van der Waals surface area contributed by atoms with Gasteiger partial charge in [0.25, 0.3) is 0 Å². The van der Waals surface area contributed by atoms with Crippen LogP contribution in [0.15, 0.2) is 48.1 Å². The van der Waals surface area contributed by atoms with Gasteiger partial charge in [-0.25, -0.2) is 9.59 Å². The van der Waals surface area contributed by atoms with Crippen molar-refractivity contribution in [1.82, 2.24) is 0 Å². The number of hydrogen-bond donors (Lipinski definition) is 5. The quantitative estimate of drug-likeness (QED) is 0.0353. The largest absolute Gasteiger partial charge is 0.478 e. The summed E-state index contributed by atoms with van der Waals surface area (Å²) < 4.78 is 5.08. The van der Waals surface area contributed by atoms with Crippen LogP contribution in [0, 0.1) is 5.41 Å². The topological polar surface area (TPSA) is 162 Å². The van der Waals surface area contributed by atoms with Crippen LogP contribution in [0.5, 0.6) is 0 Å². The zero-order valence-corrected chi connectivity index (χ0v) is 26.6. The second-order valence-corrected chi connectivity index (χ2v) is 11.3. The summed E-state index contributed by atoms with van der Waals surface area (Å²) >= 11 is 0. The molecular weight excluding hydrogens is 564 g/mol. The van der Waals surface area contributed by atoms with Crippen LogP contribution in [-0.4, -0.2) is 69.9 Å². The van der Waals surface area contributed by atoms with Gasteiger partial charge in [0.1, 0.15) is 6.61 Å². The number of unbranched alkanes of at least 4 members (excludes halogenated alkanes) is 14. The lowest BCUT2D eigenvalue weighted by atomic mass is 9.93. The third-order valence-corrected chi connectivity index (χ3v) is 7.31. The number of rotatable bonds is 25. The molecule has 1 aromatic carbocycles. The van der Waals surface area contributed by atoms with E-state index in [0.717, 1.165) is 24.8 Å². The molecule has 250 valence electrons. The van der Waals surface area contributed by atoms with Gasteiger partial charge < -0.3 is 30.3 Å². The van der Waals surface area contributed by atoms with Crippen LogP contribution in [0.1, 0.15) is 115 Å². The van der Waals surface area contributed by atoms with Crippen molar-refractivity contribution in [1.29, 1.82) is 0 Å². The molecule has 9 heteroatoms. The van der Waals surface area contributed by atoms with Crippen LogP contribution in [0.3, 0.4) is 0 Å². The average molecular weight is 621 g/mol. The Morgan fingerprint density at radius 1 is 0.705 bits per heavy atom. The van der Waals surface area contributed by atoms with Gasteiger partial charge in [0.05, 0.1) is 30.8 Å². The molecule has 0 heterocycles. The number of carboxylic acids is 2. The molecule has 0 spiro atoms. The van der Waals surface area contributed by atoms with Crippen LogP contribution in [0.4, 0.5) is 0 Å². The van der Waals surface area contributed by atoms with E-state index in [1.165, 1.54) is 83.1 Å². The fourth-order valence-electron chi connectivity index (χ4n) is 4.30. The lowest BCUT2D eigenvalue weighted by Gasteiger charge is -2.26. The highest BCUT2D eigenvalue weighted by Gasteiger charge is 2.30. The van der Waals surface area contributed by atoms with Gasteiger partial charge in [-0.05, 0) is 18.1 Å². The molecule has 0 aliphatic carbocycles. The standard InChI is InChI=1S/C23H46O5.C12H10O4/c1-2-3-4-5-6-7-8-9-10-11-12-13-14-15-16-17-22(27)28-21-23(18-24,19-25)20-26;13-11(14)8-10(12(15)16)7-6-9-4-2-1-3-5-9/h24-26H,2-21H2,1H3;1-8H,(H,13,14)(H,15,16). The van der Waals surface area contributed by atoms with Crippen LogP contribution < -0.4 is 0 Å². The molecule has 44 heavy (non-hydrogen) atoms. The van der Waals surface area contributed by atoms with E-state index >= 15 is 0 Å². The highest BCUT2D eigenvalue weighted by Crippen LogP contribution is 2.17. The molecule has 1 aromatic rings. The molecule has 0 aliphatic heterocycles. The van der Waals surface area contributed by atoms with E-state index in [-0.39, 0.29) is 18.1 Å². The molecule has 5 N–H and O–H groups in total. The zero-order valence-electron chi connectivity index (χ0n) is 26.6. The Morgan fingerprint density at radius 3 is 1.57 bits per heavy atom. The monoisotopic (exact) mass is 620 g/mol. The van der Waals surface area contributed by atoms with Crippen molar-refractivity contribution in [3.63, 3.8) is 0 Å². The maximum atomic E-state index is 11.7. The highest BCUT2D eigenvalue weighted by molar-refractivity contribution is 5.97. The molecule has 0 saturated heterocycles. The highest BCUT2D eigenvalue weighted by atomic mass is 16.5. The maximum absolute atomic E-state index is 11.7. The van der Waals surface area contributed by atoms with E-state index in [4.69, 9.17) is 14.9 Å². The summed E-state index contributed by atoms with van der Waals surface area (Å²) in [4.78, 5) is 32.7. The zero-order chi connectivity index (χ0) is 32.9. The van der Waals surface area contributed by atoms with Crippen molar-refractivity contribution in [2.75, 3.05) is 26.4 Å². The van der Waals surface area contributed by atoms with E-state index in [9.17, 15) is 29.7 Å². The van der Waals surface area contributed by atoms with E-state index in [2.05, 4.69) is 6.92 Å². The summed E-state index contributed by atoms with van der Waals surface area (Å²) in [6, 6.07) is 9.03. The number of benzene rings is 1. The molecular formula is C35H56O9. The Kier molecular flexibility index (Phi) is 25.6. The van der Waals surface area contributed by atoms with Gasteiger partial charge in [0.2, 0.25) is 0 Å². The van der Waals surface area contributed by atoms with Crippen LogP contribution in [-0.2, 0) is 19.1 Å². The minimum Gasteiger partial charge on any atom is -0.478 e. The smallest absolute Gasteiger partial charge is 0.335 e. The van der Waals surface area contributed by atoms with Gasteiger partial charge in [-0.3, -0.25) is 4.79 Å². The van der Waals surface area contributed by atoms with Gasteiger partial charge in [-0.15, -0.1) is 0 Å². The van der Waals surface area contributed by atoms with Gasteiger partial charge in [0, 0.05) is 12.5 Å². The normalized spacial score (nSPS) is 11.7. The van der Waals surface area contributed by atoms with Crippen molar-refractivity contribution in [2.45, 2.75) is 110 Å². The molecule has 0 aliphatic rings. The molecule has 0 amide bonds. The molecule has 0 bridgehead atoms. The average Bonchev–Trinajstić information content (AvgIpc) is 3.02. The maximum Gasteiger partial charge on any atom is 0.335 e. The van der Waals surface area contributed by atoms with Gasteiger partial charge in [-0.2, -0.15) is 0 Å². The number of carbonyl (C=O) groups is 3. The summed E-state index contributed by atoms with van der Waals surface area (Å²) in [5.41, 5.74) is -0.596. The molecule has 0 saturated carbocycles. The van der Waals surface area contributed by atoms with E-state index in [1.54, 1.807) is 30.3 Å². The van der Waals surface area contributed by atoms with Crippen molar-refractivity contribution in [2.24, 2.45) is 5.41 Å². The molecule has 0 unspecified atom stereocenters. The van der Waals surface area contributed by atoms with E-state index in [1.807, 2.05) is 6.07 Å². The number of aliphatic hydroxyl groups is 3. The van der Waals surface area contributed by atoms with Crippen molar-refractivity contribution >= 4 is 24.0 Å². The summed E-state index contributed by atoms with van der Waals surface area (Å²) in [7, 11) is 0. The van der Waals surface area contributed by atoms with Crippen LogP contribution in [0.2, 0.25) is 0 Å². The second kappa shape index (κ2) is 27.5. The lowest BCUT2D eigenvalue weighted by Crippen LogP contribution is -2.39. The Hall–Kier alpha value is -3.01. The third kappa shape index (κ3) is 22.5. The van der Waals surface area contributed by atoms with E-state index < -0.39 is 37.2 Å². The molecule has 0 aromatic heterocycles. The van der Waals surface area contributed by atoms with Gasteiger partial charge >= 0.3 is 17.9 Å². The first-order chi connectivity index (χ1) is 21.2. The number of ether oxygens (including phenoxy) is 1. The number of carboxylic acid groups (broad SMARTS) is 2. The Labute approximate surface area is 263 Å². The predicted octanol–water partition coefficient (Wildman–Crippen LogP) is 6.55. The SMILES string of the molecule is CCCCCCCCCCCCCCCCCC(=O)OCC(CO)(CO)CO.O=C(O)C=C(C=Cc1ccccc1)C(=O)O. The molecule has 0 fully saturated rings. The van der Waals surface area contributed by atoms with Crippen LogP contribution >= 0.6 is 0 Å². The van der Waals surface area contributed by atoms with Gasteiger partial charge in [-0.1, -0.05) is 133 Å². The first-order valence-corrected chi connectivity index (χ1v) is 16.1. The second-order valence-electron chi connectivity index (χ2n) is 11.3. The lowest BCUT2D eigenvalue weighted by molar-refractivity contribution is -0.151. The fraction of sp³-hybridized carbons (Fsp3) is 0.629. The summed E-state index contributed by atoms with van der Waals surface area (Å²) in [5, 5.41) is 44.8. The number of hydrogen-bond acceptors (Lipinski definition) is 7. The van der Waals surface area contributed by atoms with Crippen molar-refractivity contribution < 1.29 is 44.7 Å². The Balaban J connectivity index is 0.000000971. The number of carbonyl (C=O) groups excluding carboxylic acids is 1.